The zero-order valence-corrected chi connectivity index (χ0v) is 8.44. The van der Waals surface area contributed by atoms with Crippen molar-refractivity contribution in [2.24, 2.45) is 11.8 Å². The second kappa shape index (κ2) is 4.86. The lowest BCUT2D eigenvalue weighted by atomic mass is 9.79. The molecule has 0 radical (unpaired) electrons. The Morgan fingerprint density at radius 1 is 1.42 bits per heavy atom. The van der Waals surface area contributed by atoms with Crippen LogP contribution in [0, 0.1) is 11.8 Å². The average molecular weight is 189 g/mol. The number of hydrogen-bond acceptors (Lipinski definition) is 1. The molecule has 0 aromatic heterocycles. The Hall–Kier alpha value is -0.0400. The Bertz CT molecular complexity index is 150. The molecular weight excluding hydrogens is 172 g/mol. The van der Waals surface area contributed by atoms with E-state index in [0.29, 0.717) is 5.92 Å². The summed E-state index contributed by atoms with van der Waals surface area (Å²) in [5.74, 6) is 0.709. The quantitative estimate of drug-likeness (QED) is 0.621. The van der Waals surface area contributed by atoms with Crippen LogP contribution in [0.1, 0.15) is 45.4 Å². The molecule has 1 rings (SSSR count). The first kappa shape index (κ1) is 10.0. The molecule has 70 valence electrons. The molecule has 0 amide bonds. The number of carbonyl (C=O) groups excluding carboxylic acids is 1. The molecular formula is C10H17ClO. The van der Waals surface area contributed by atoms with Crippen LogP contribution in [0.25, 0.3) is 0 Å². The topological polar surface area (TPSA) is 17.1 Å². The Balaban J connectivity index is 2.46. The lowest BCUT2D eigenvalue weighted by Crippen LogP contribution is -2.22. The molecule has 1 saturated carbocycles. The van der Waals surface area contributed by atoms with Crippen molar-refractivity contribution >= 4 is 16.8 Å². The molecule has 0 N–H and O–H groups in total. The van der Waals surface area contributed by atoms with E-state index in [4.69, 9.17) is 11.6 Å². The molecule has 12 heavy (non-hydrogen) atoms. The van der Waals surface area contributed by atoms with Gasteiger partial charge >= 0.3 is 0 Å². The molecule has 0 aliphatic heterocycles. The third-order valence-corrected chi connectivity index (χ3v) is 3.23. The van der Waals surface area contributed by atoms with Crippen LogP contribution in [-0.2, 0) is 4.79 Å². The van der Waals surface area contributed by atoms with E-state index in [1.165, 1.54) is 32.1 Å². The summed E-state index contributed by atoms with van der Waals surface area (Å²) >= 11 is 5.54. The highest BCUT2D eigenvalue weighted by Gasteiger charge is 2.26. The monoisotopic (exact) mass is 188 g/mol. The molecule has 1 fully saturated rings. The highest BCUT2D eigenvalue weighted by molar-refractivity contribution is 6.64. The predicted molar refractivity (Wildman–Crippen MR) is 51.2 cm³/mol. The summed E-state index contributed by atoms with van der Waals surface area (Å²) < 4.78 is 0. The third-order valence-electron chi connectivity index (χ3n) is 2.95. The van der Waals surface area contributed by atoms with E-state index in [0.717, 1.165) is 6.42 Å². The van der Waals surface area contributed by atoms with E-state index in [1.54, 1.807) is 0 Å². The first-order valence-electron chi connectivity index (χ1n) is 4.95. The summed E-state index contributed by atoms with van der Waals surface area (Å²) in [4.78, 5) is 11.0. The minimum atomic E-state index is -0.121. The fourth-order valence-corrected chi connectivity index (χ4v) is 2.55. The number of hydrogen-bond donors (Lipinski definition) is 0. The minimum absolute atomic E-state index is 0.121. The maximum Gasteiger partial charge on any atom is 0.224 e. The van der Waals surface area contributed by atoms with Crippen LogP contribution < -0.4 is 0 Å². The largest absolute Gasteiger partial charge is 0.281 e. The highest BCUT2D eigenvalue weighted by atomic mass is 35.5. The van der Waals surface area contributed by atoms with Crippen molar-refractivity contribution < 1.29 is 4.79 Å². The Morgan fingerprint density at radius 3 is 2.42 bits per heavy atom. The van der Waals surface area contributed by atoms with E-state index in [1.807, 2.05) is 0 Å². The maximum absolute atomic E-state index is 11.0. The number of carbonyl (C=O) groups is 1. The molecule has 0 bridgehead atoms. The van der Waals surface area contributed by atoms with Crippen molar-refractivity contribution in [3.63, 3.8) is 0 Å². The summed E-state index contributed by atoms with van der Waals surface area (Å²) in [7, 11) is 0. The van der Waals surface area contributed by atoms with Crippen LogP contribution in [0.4, 0.5) is 0 Å². The van der Waals surface area contributed by atoms with Crippen LogP contribution in [0.5, 0.6) is 0 Å². The summed E-state index contributed by atoms with van der Waals surface area (Å²) in [6.07, 6.45) is 7.22. The molecule has 0 heterocycles. The SMILES string of the molecule is CCC(C(=O)Cl)C1CCCCC1. The lowest BCUT2D eigenvalue weighted by molar-refractivity contribution is -0.117. The predicted octanol–water partition coefficient (Wildman–Crippen LogP) is 3.36. The number of rotatable bonds is 3. The van der Waals surface area contributed by atoms with Crippen LogP contribution in [0.2, 0.25) is 0 Å². The van der Waals surface area contributed by atoms with Gasteiger partial charge in [-0.2, -0.15) is 0 Å². The van der Waals surface area contributed by atoms with Gasteiger partial charge in [0.25, 0.3) is 0 Å². The van der Waals surface area contributed by atoms with Gasteiger partial charge in [-0.15, -0.1) is 0 Å². The summed E-state index contributed by atoms with van der Waals surface area (Å²) in [5, 5.41) is -0.121. The van der Waals surface area contributed by atoms with E-state index < -0.39 is 0 Å². The Kier molecular flexibility index (Phi) is 4.07. The molecule has 1 aliphatic rings. The van der Waals surface area contributed by atoms with E-state index in [9.17, 15) is 4.79 Å². The minimum Gasteiger partial charge on any atom is -0.281 e. The molecule has 0 saturated heterocycles. The Morgan fingerprint density at radius 2 is 2.00 bits per heavy atom. The van der Waals surface area contributed by atoms with Gasteiger partial charge < -0.3 is 0 Å². The summed E-state index contributed by atoms with van der Waals surface area (Å²) in [6, 6.07) is 0. The summed E-state index contributed by atoms with van der Waals surface area (Å²) in [6.45, 7) is 2.06. The van der Waals surface area contributed by atoms with Gasteiger partial charge in [0.15, 0.2) is 0 Å². The van der Waals surface area contributed by atoms with E-state index in [-0.39, 0.29) is 11.2 Å². The second-order valence-electron chi connectivity index (χ2n) is 3.72. The molecule has 0 aromatic rings. The molecule has 1 unspecified atom stereocenters. The maximum atomic E-state index is 11.0. The Labute approximate surface area is 79.5 Å². The fourth-order valence-electron chi connectivity index (χ4n) is 2.22. The standard InChI is InChI=1S/C10H17ClO/c1-2-9(10(11)12)8-6-4-3-5-7-8/h8-9H,2-7H2,1H3. The third kappa shape index (κ3) is 2.48. The first-order chi connectivity index (χ1) is 5.75. The smallest absolute Gasteiger partial charge is 0.224 e. The van der Waals surface area contributed by atoms with Crippen molar-refractivity contribution in [2.75, 3.05) is 0 Å². The van der Waals surface area contributed by atoms with Crippen molar-refractivity contribution in [1.82, 2.24) is 0 Å². The van der Waals surface area contributed by atoms with Gasteiger partial charge in [0.05, 0.1) is 0 Å². The summed E-state index contributed by atoms with van der Waals surface area (Å²) in [5.41, 5.74) is 0. The fraction of sp³-hybridized carbons (Fsp3) is 0.900. The van der Waals surface area contributed by atoms with E-state index >= 15 is 0 Å². The van der Waals surface area contributed by atoms with Gasteiger partial charge in [-0.3, -0.25) is 4.79 Å². The van der Waals surface area contributed by atoms with Crippen molar-refractivity contribution in [2.45, 2.75) is 45.4 Å². The van der Waals surface area contributed by atoms with E-state index in [2.05, 4.69) is 6.92 Å². The number of halogens is 1. The zero-order valence-electron chi connectivity index (χ0n) is 7.68. The molecule has 1 atom stereocenters. The van der Waals surface area contributed by atoms with Gasteiger partial charge in [-0.1, -0.05) is 26.2 Å². The second-order valence-corrected chi connectivity index (χ2v) is 4.09. The average Bonchev–Trinajstić information content (AvgIpc) is 2.07. The van der Waals surface area contributed by atoms with Crippen LogP contribution in [0.3, 0.4) is 0 Å². The van der Waals surface area contributed by atoms with Gasteiger partial charge in [0, 0.05) is 5.92 Å². The lowest BCUT2D eigenvalue weighted by Gasteiger charge is -2.26. The van der Waals surface area contributed by atoms with Gasteiger partial charge in [-0.25, -0.2) is 0 Å². The molecule has 1 nitrogen and oxygen atoms in total. The molecule has 2 heteroatoms. The van der Waals surface area contributed by atoms with Gasteiger partial charge in [-0.05, 0) is 36.8 Å². The molecule has 1 aliphatic carbocycles. The first-order valence-corrected chi connectivity index (χ1v) is 5.32. The highest BCUT2D eigenvalue weighted by Crippen LogP contribution is 2.32. The normalized spacial score (nSPS) is 22.2. The van der Waals surface area contributed by atoms with Crippen molar-refractivity contribution in [3.8, 4) is 0 Å². The van der Waals surface area contributed by atoms with Crippen LogP contribution in [-0.4, -0.2) is 5.24 Å². The van der Waals surface area contributed by atoms with Gasteiger partial charge in [0.1, 0.15) is 0 Å². The molecule has 0 spiro atoms. The van der Waals surface area contributed by atoms with Crippen LogP contribution in [0.15, 0.2) is 0 Å². The van der Waals surface area contributed by atoms with Crippen molar-refractivity contribution in [3.05, 3.63) is 0 Å². The van der Waals surface area contributed by atoms with Crippen molar-refractivity contribution in [1.29, 1.82) is 0 Å². The molecule has 0 aromatic carbocycles. The zero-order chi connectivity index (χ0) is 8.97. The van der Waals surface area contributed by atoms with Crippen LogP contribution >= 0.6 is 11.6 Å². The van der Waals surface area contributed by atoms with Gasteiger partial charge in [0.2, 0.25) is 5.24 Å².